The van der Waals surface area contributed by atoms with Gasteiger partial charge >= 0.3 is 6.18 Å². The fourth-order valence-electron chi connectivity index (χ4n) is 3.49. The van der Waals surface area contributed by atoms with Crippen LogP contribution in [-0.4, -0.2) is 42.8 Å². The third kappa shape index (κ3) is 3.60. The molecule has 2 rings (SSSR count). The quantitative estimate of drug-likeness (QED) is 0.768. The van der Waals surface area contributed by atoms with Crippen LogP contribution in [0.3, 0.4) is 0 Å². The molecule has 2 bridgehead atoms. The molecule has 2 unspecified atom stereocenters. The van der Waals surface area contributed by atoms with Gasteiger partial charge in [-0.3, -0.25) is 4.90 Å². The molecule has 0 spiro atoms. The molecule has 0 radical (unpaired) electrons. The standard InChI is InChI=1S/C13H23F3N2/c1-17-10-8-11-4-5-12(9-10)18(11)7-3-2-6-13(14,15)16/h10-12,17H,2-9H2,1H3. The number of nitrogens with one attached hydrogen (secondary N) is 1. The summed E-state index contributed by atoms with van der Waals surface area (Å²) in [5.74, 6) is 0. The predicted molar refractivity (Wildman–Crippen MR) is 65.5 cm³/mol. The van der Waals surface area contributed by atoms with Crippen LogP contribution in [0.25, 0.3) is 0 Å². The second-order valence-corrected chi connectivity index (χ2v) is 5.65. The Bertz CT molecular complexity index is 253. The summed E-state index contributed by atoms with van der Waals surface area (Å²) >= 11 is 0. The van der Waals surface area contributed by atoms with Crippen LogP contribution in [-0.2, 0) is 0 Å². The van der Waals surface area contributed by atoms with Crippen LogP contribution in [0, 0.1) is 0 Å². The molecule has 2 aliphatic rings. The van der Waals surface area contributed by atoms with Gasteiger partial charge in [0.1, 0.15) is 0 Å². The second-order valence-electron chi connectivity index (χ2n) is 5.65. The van der Waals surface area contributed by atoms with E-state index in [4.69, 9.17) is 0 Å². The van der Waals surface area contributed by atoms with E-state index in [2.05, 4.69) is 10.2 Å². The molecule has 0 saturated carbocycles. The Morgan fingerprint density at radius 2 is 1.72 bits per heavy atom. The van der Waals surface area contributed by atoms with Gasteiger partial charge in [-0.2, -0.15) is 13.2 Å². The van der Waals surface area contributed by atoms with Gasteiger partial charge in [0.25, 0.3) is 0 Å². The lowest BCUT2D eigenvalue weighted by Gasteiger charge is -2.39. The van der Waals surface area contributed by atoms with Gasteiger partial charge in [0.2, 0.25) is 0 Å². The number of unbranched alkanes of at least 4 members (excludes halogenated alkanes) is 1. The van der Waals surface area contributed by atoms with Crippen LogP contribution >= 0.6 is 0 Å². The van der Waals surface area contributed by atoms with E-state index in [0.29, 0.717) is 24.5 Å². The predicted octanol–water partition coefficient (Wildman–Crippen LogP) is 2.93. The summed E-state index contributed by atoms with van der Waals surface area (Å²) in [5, 5.41) is 3.34. The molecular weight excluding hydrogens is 241 g/mol. The van der Waals surface area contributed by atoms with E-state index in [-0.39, 0.29) is 6.42 Å². The Labute approximate surface area is 107 Å². The third-order valence-electron chi connectivity index (χ3n) is 4.42. The van der Waals surface area contributed by atoms with Gasteiger partial charge in [-0.15, -0.1) is 0 Å². The average Bonchev–Trinajstić information content (AvgIpc) is 2.54. The number of piperidine rings is 1. The molecule has 0 aromatic carbocycles. The summed E-state index contributed by atoms with van der Waals surface area (Å²) in [6.45, 7) is 0.849. The van der Waals surface area contributed by atoms with Crippen LogP contribution in [0.15, 0.2) is 0 Å². The topological polar surface area (TPSA) is 15.3 Å². The number of hydrogen-bond donors (Lipinski definition) is 1. The van der Waals surface area contributed by atoms with Crippen molar-refractivity contribution in [1.82, 2.24) is 10.2 Å². The van der Waals surface area contributed by atoms with Crippen molar-refractivity contribution in [3.63, 3.8) is 0 Å². The summed E-state index contributed by atoms with van der Waals surface area (Å²) in [7, 11) is 2.00. The largest absolute Gasteiger partial charge is 0.389 e. The van der Waals surface area contributed by atoms with Gasteiger partial charge in [-0.25, -0.2) is 0 Å². The first-order chi connectivity index (χ1) is 8.49. The maximum atomic E-state index is 12.1. The molecule has 2 fully saturated rings. The van der Waals surface area contributed by atoms with Crippen molar-refractivity contribution < 1.29 is 13.2 Å². The lowest BCUT2D eigenvalue weighted by atomic mass is 9.97. The maximum absolute atomic E-state index is 12.1. The number of hydrogen-bond acceptors (Lipinski definition) is 2. The maximum Gasteiger partial charge on any atom is 0.389 e. The highest BCUT2D eigenvalue weighted by Gasteiger charge is 2.39. The zero-order chi connectivity index (χ0) is 13.2. The molecule has 18 heavy (non-hydrogen) atoms. The van der Waals surface area contributed by atoms with Crippen LogP contribution in [0.4, 0.5) is 13.2 Å². The number of rotatable bonds is 5. The van der Waals surface area contributed by atoms with Crippen LogP contribution in [0.1, 0.15) is 44.9 Å². The molecule has 0 aliphatic carbocycles. The first kappa shape index (κ1) is 14.1. The first-order valence-electron chi connectivity index (χ1n) is 6.99. The van der Waals surface area contributed by atoms with Gasteiger partial charge in [-0.05, 0) is 52.1 Å². The van der Waals surface area contributed by atoms with Crippen LogP contribution < -0.4 is 5.32 Å². The minimum Gasteiger partial charge on any atom is -0.317 e. The molecule has 2 atom stereocenters. The van der Waals surface area contributed by atoms with Crippen molar-refractivity contribution in [3.05, 3.63) is 0 Å². The zero-order valence-corrected chi connectivity index (χ0v) is 11.0. The van der Waals surface area contributed by atoms with E-state index >= 15 is 0 Å². The average molecular weight is 264 g/mol. The normalized spacial score (nSPS) is 33.0. The van der Waals surface area contributed by atoms with E-state index < -0.39 is 12.6 Å². The molecule has 106 valence electrons. The molecule has 2 saturated heterocycles. The van der Waals surface area contributed by atoms with Crippen molar-refractivity contribution >= 4 is 0 Å². The van der Waals surface area contributed by atoms with E-state index in [9.17, 15) is 13.2 Å². The smallest absolute Gasteiger partial charge is 0.317 e. The molecule has 0 aromatic rings. The van der Waals surface area contributed by atoms with Crippen molar-refractivity contribution in [2.75, 3.05) is 13.6 Å². The monoisotopic (exact) mass is 264 g/mol. The fraction of sp³-hybridized carbons (Fsp3) is 1.00. The molecule has 0 aromatic heterocycles. The molecule has 1 N–H and O–H groups in total. The highest BCUT2D eigenvalue weighted by molar-refractivity contribution is 4.96. The summed E-state index contributed by atoms with van der Waals surface area (Å²) in [6, 6.07) is 1.81. The summed E-state index contributed by atoms with van der Waals surface area (Å²) in [5.41, 5.74) is 0. The Morgan fingerprint density at radius 3 is 2.22 bits per heavy atom. The van der Waals surface area contributed by atoms with Crippen molar-refractivity contribution in [1.29, 1.82) is 0 Å². The zero-order valence-electron chi connectivity index (χ0n) is 11.0. The SMILES string of the molecule is CNC1CC2CCC(C1)N2CCCCC(F)(F)F. The van der Waals surface area contributed by atoms with Crippen molar-refractivity contribution in [3.8, 4) is 0 Å². The lowest BCUT2D eigenvalue weighted by Crippen LogP contribution is -2.48. The van der Waals surface area contributed by atoms with Crippen molar-refractivity contribution in [2.24, 2.45) is 0 Å². The fourth-order valence-corrected chi connectivity index (χ4v) is 3.49. The van der Waals surface area contributed by atoms with E-state index in [1.54, 1.807) is 0 Å². The van der Waals surface area contributed by atoms with Gasteiger partial charge < -0.3 is 5.32 Å². The minimum absolute atomic E-state index is 0.273. The highest BCUT2D eigenvalue weighted by Crippen LogP contribution is 2.36. The van der Waals surface area contributed by atoms with Gasteiger partial charge in [0.15, 0.2) is 0 Å². The number of alkyl halides is 3. The number of nitrogens with zero attached hydrogens (tertiary/aromatic N) is 1. The van der Waals surface area contributed by atoms with Crippen LogP contribution in [0.5, 0.6) is 0 Å². The van der Waals surface area contributed by atoms with Crippen LogP contribution in [0.2, 0.25) is 0 Å². The molecule has 2 nitrogen and oxygen atoms in total. The summed E-state index contributed by atoms with van der Waals surface area (Å²) < 4.78 is 36.2. The third-order valence-corrected chi connectivity index (χ3v) is 4.42. The van der Waals surface area contributed by atoms with E-state index in [0.717, 1.165) is 19.4 Å². The Balaban J connectivity index is 1.71. The first-order valence-corrected chi connectivity index (χ1v) is 6.99. The Morgan fingerprint density at radius 1 is 1.11 bits per heavy atom. The Hall–Kier alpha value is -0.290. The van der Waals surface area contributed by atoms with Gasteiger partial charge in [0, 0.05) is 24.5 Å². The molecule has 5 heteroatoms. The summed E-state index contributed by atoms with van der Waals surface area (Å²) in [4.78, 5) is 2.46. The van der Waals surface area contributed by atoms with Gasteiger partial charge in [-0.1, -0.05) is 0 Å². The van der Waals surface area contributed by atoms with E-state index in [1.807, 2.05) is 7.05 Å². The highest BCUT2D eigenvalue weighted by atomic mass is 19.4. The molecule has 2 aliphatic heterocycles. The second kappa shape index (κ2) is 5.78. The molecule has 2 heterocycles. The van der Waals surface area contributed by atoms with Gasteiger partial charge in [0.05, 0.1) is 0 Å². The van der Waals surface area contributed by atoms with Crippen molar-refractivity contribution in [2.45, 2.75) is 69.2 Å². The Kier molecular flexibility index (Phi) is 4.54. The summed E-state index contributed by atoms with van der Waals surface area (Å²) in [6.07, 6.45) is 1.10. The molecular formula is C13H23F3N2. The molecule has 0 amide bonds. The number of fused-ring (bicyclic) bond motifs is 2. The lowest BCUT2D eigenvalue weighted by molar-refractivity contribution is -0.135. The number of halogens is 3. The van der Waals surface area contributed by atoms with E-state index in [1.165, 1.54) is 12.8 Å². The minimum atomic E-state index is -3.99.